The van der Waals surface area contributed by atoms with Crippen LogP contribution in [-0.2, 0) is 4.74 Å². The fourth-order valence-corrected chi connectivity index (χ4v) is 4.26. The van der Waals surface area contributed by atoms with Crippen LogP contribution in [0.3, 0.4) is 0 Å². The maximum Gasteiger partial charge on any atom is 0.173 e. The zero-order chi connectivity index (χ0) is 14.1. The van der Waals surface area contributed by atoms with Gasteiger partial charge in [0.05, 0.1) is 30.3 Å². The number of rotatable bonds is 1. The largest absolute Gasteiger partial charge is 0.496 e. The van der Waals surface area contributed by atoms with Gasteiger partial charge in [0.25, 0.3) is 0 Å². The molecule has 4 nitrogen and oxygen atoms in total. The number of carbonyl (C=O) groups is 2. The van der Waals surface area contributed by atoms with Crippen LogP contribution in [0.15, 0.2) is 18.2 Å². The molecule has 1 heterocycles. The number of ether oxygens (including phenoxy) is 2. The molecule has 4 atom stereocenters. The van der Waals surface area contributed by atoms with E-state index in [-0.39, 0.29) is 29.7 Å². The van der Waals surface area contributed by atoms with Gasteiger partial charge in [0.1, 0.15) is 5.75 Å². The maximum absolute atomic E-state index is 13.0. The van der Waals surface area contributed by atoms with E-state index in [1.807, 2.05) is 6.92 Å². The molecular formula is C16H16O4. The first-order valence-electron chi connectivity index (χ1n) is 7.01. The van der Waals surface area contributed by atoms with Crippen LogP contribution in [-0.4, -0.2) is 30.9 Å². The summed E-state index contributed by atoms with van der Waals surface area (Å²) in [5, 5.41) is 0. The zero-order valence-electron chi connectivity index (χ0n) is 11.5. The number of hydrogen-bond donors (Lipinski definition) is 0. The topological polar surface area (TPSA) is 52.6 Å². The van der Waals surface area contributed by atoms with Crippen LogP contribution in [0.2, 0.25) is 0 Å². The van der Waals surface area contributed by atoms with Crippen molar-refractivity contribution in [3.8, 4) is 5.75 Å². The Morgan fingerprint density at radius 2 is 2.15 bits per heavy atom. The Balaban J connectivity index is 1.92. The molecular weight excluding hydrogens is 256 g/mol. The number of hydrogen-bond acceptors (Lipinski definition) is 4. The number of ketones is 2. The van der Waals surface area contributed by atoms with Crippen molar-refractivity contribution in [2.75, 3.05) is 7.11 Å². The van der Waals surface area contributed by atoms with Gasteiger partial charge in [-0.15, -0.1) is 0 Å². The minimum atomic E-state index is -0.601. The fourth-order valence-electron chi connectivity index (χ4n) is 4.26. The Labute approximate surface area is 117 Å². The van der Waals surface area contributed by atoms with E-state index >= 15 is 0 Å². The highest BCUT2D eigenvalue weighted by Gasteiger charge is 2.69. The van der Waals surface area contributed by atoms with Gasteiger partial charge < -0.3 is 9.47 Å². The van der Waals surface area contributed by atoms with Gasteiger partial charge in [-0.05, 0) is 25.8 Å². The standard InChI is InChI=1S/C16H16O4/c1-8-7-16-10(6-12(16)20-8)14(17)13-9(15(16)18)4-3-5-11(13)19-2/h3-5,8,10,12H,6-7H2,1-2H3/t8-,10-,12+,16+/m1/s1. The van der Waals surface area contributed by atoms with E-state index in [0.29, 0.717) is 29.7 Å². The van der Waals surface area contributed by atoms with Gasteiger partial charge in [-0.3, -0.25) is 9.59 Å². The molecule has 0 radical (unpaired) electrons. The molecule has 104 valence electrons. The highest BCUT2D eigenvalue weighted by molar-refractivity contribution is 6.20. The molecule has 3 aliphatic rings. The lowest BCUT2D eigenvalue weighted by Crippen LogP contribution is -2.61. The molecule has 1 aromatic carbocycles. The van der Waals surface area contributed by atoms with Crippen molar-refractivity contribution in [2.24, 2.45) is 11.3 Å². The van der Waals surface area contributed by atoms with Crippen LogP contribution >= 0.6 is 0 Å². The summed E-state index contributed by atoms with van der Waals surface area (Å²) in [5.74, 6) is 0.391. The number of benzene rings is 1. The molecule has 4 heteroatoms. The van der Waals surface area contributed by atoms with E-state index in [1.54, 1.807) is 18.2 Å². The highest BCUT2D eigenvalue weighted by Crippen LogP contribution is 2.62. The number of Topliss-reactive ketones (excluding diaryl/α,β-unsaturated/α-hetero) is 2. The molecule has 0 aromatic heterocycles. The van der Waals surface area contributed by atoms with E-state index in [0.717, 1.165) is 0 Å². The average Bonchev–Trinajstić information content (AvgIpc) is 2.68. The Morgan fingerprint density at radius 1 is 1.35 bits per heavy atom. The lowest BCUT2D eigenvalue weighted by molar-refractivity contribution is -0.0654. The first-order valence-corrected chi connectivity index (χ1v) is 7.01. The Hall–Kier alpha value is -1.68. The van der Waals surface area contributed by atoms with Crippen LogP contribution in [0.5, 0.6) is 5.75 Å². The molecule has 1 saturated heterocycles. The molecule has 0 bridgehead atoms. The predicted molar refractivity (Wildman–Crippen MR) is 71.1 cm³/mol. The van der Waals surface area contributed by atoms with Crippen molar-refractivity contribution < 1.29 is 19.1 Å². The summed E-state index contributed by atoms with van der Waals surface area (Å²) < 4.78 is 11.1. The Kier molecular flexibility index (Phi) is 2.24. The third-order valence-electron chi connectivity index (χ3n) is 5.14. The molecule has 1 spiro atoms. The summed E-state index contributed by atoms with van der Waals surface area (Å²) in [6.45, 7) is 1.98. The fraction of sp³-hybridized carbons (Fsp3) is 0.500. The predicted octanol–water partition coefficient (Wildman–Crippen LogP) is 2.26. The van der Waals surface area contributed by atoms with Gasteiger partial charge in [0.15, 0.2) is 11.6 Å². The van der Waals surface area contributed by atoms with Crippen molar-refractivity contribution in [1.29, 1.82) is 0 Å². The second-order valence-corrected chi connectivity index (χ2v) is 6.04. The van der Waals surface area contributed by atoms with Crippen molar-refractivity contribution in [1.82, 2.24) is 0 Å². The van der Waals surface area contributed by atoms with Gasteiger partial charge in [0.2, 0.25) is 0 Å². The van der Waals surface area contributed by atoms with Crippen LogP contribution in [0.25, 0.3) is 0 Å². The van der Waals surface area contributed by atoms with Crippen LogP contribution in [0.4, 0.5) is 0 Å². The second kappa shape index (κ2) is 3.70. The molecule has 0 N–H and O–H groups in total. The van der Waals surface area contributed by atoms with Crippen LogP contribution in [0.1, 0.15) is 40.5 Å². The van der Waals surface area contributed by atoms with Gasteiger partial charge >= 0.3 is 0 Å². The average molecular weight is 272 g/mol. The second-order valence-electron chi connectivity index (χ2n) is 6.04. The molecule has 1 aliphatic heterocycles. The number of methoxy groups -OCH3 is 1. The molecule has 0 amide bonds. The first-order chi connectivity index (χ1) is 9.59. The van der Waals surface area contributed by atoms with Crippen molar-refractivity contribution in [3.63, 3.8) is 0 Å². The monoisotopic (exact) mass is 272 g/mol. The van der Waals surface area contributed by atoms with E-state index in [9.17, 15) is 9.59 Å². The Bertz CT molecular complexity index is 635. The summed E-state index contributed by atoms with van der Waals surface area (Å²) in [4.78, 5) is 25.7. The zero-order valence-corrected chi connectivity index (χ0v) is 11.5. The van der Waals surface area contributed by atoms with Gasteiger partial charge in [-0.25, -0.2) is 0 Å². The molecule has 1 saturated carbocycles. The smallest absolute Gasteiger partial charge is 0.173 e. The highest BCUT2D eigenvalue weighted by atomic mass is 16.5. The minimum Gasteiger partial charge on any atom is -0.496 e. The summed E-state index contributed by atoms with van der Waals surface area (Å²) in [6.07, 6.45) is 1.28. The normalized spacial score (nSPS) is 37.8. The molecule has 2 fully saturated rings. The van der Waals surface area contributed by atoms with E-state index < -0.39 is 5.41 Å². The van der Waals surface area contributed by atoms with Crippen molar-refractivity contribution in [2.45, 2.75) is 32.0 Å². The number of fused-ring (bicyclic) bond motifs is 1. The molecule has 1 aromatic rings. The summed E-state index contributed by atoms with van der Waals surface area (Å²) >= 11 is 0. The van der Waals surface area contributed by atoms with E-state index in [4.69, 9.17) is 9.47 Å². The third kappa shape index (κ3) is 1.17. The third-order valence-corrected chi connectivity index (χ3v) is 5.14. The Morgan fingerprint density at radius 3 is 2.85 bits per heavy atom. The van der Waals surface area contributed by atoms with Gasteiger partial charge in [-0.1, -0.05) is 12.1 Å². The first kappa shape index (κ1) is 12.1. The summed E-state index contributed by atoms with van der Waals surface area (Å²) in [6, 6.07) is 5.25. The molecule has 2 aliphatic carbocycles. The summed E-state index contributed by atoms with van der Waals surface area (Å²) in [7, 11) is 1.53. The van der Waals surface area contributed by atoms with Crippen LogP contribution in [0, 0.1) is 11.3 Å². The van der Waals surface area contributed by atoms with E-state index in [1.165, 1.54) is 7.11 Å². The molecule has 20 heavy (non-hydrogen) atoms. The van der Waals surface area contributed by atoms with Crippen molar-refractivity contribution >= 4 is 11.6 Å². The number of carbonyl (C=O) groups excluding carboxylic acids is 2. The molecule has 0 unspecified atom stereocenters. The lowest BCUT2D eigenvalue weighted by Gasteiger charge is -2.51. The van der Waals surface area contributed by atoms with Gasteiger partial charge in [0, 0.05) is 11.5 Å². The van der Waals surface area contributed by atoms with Crippen molar-refractivity contribution in [3.05, 3.63) is 29.3 Å². The van der Waals surface area contributed by atoms with Crippen LogP contribution < -0.4 is 4.74 Å². The lowest BCUT2D eigenvalue weighted by atomic mass is 9.49. The van der Waals surface area contributed by atoms with Gasteiger partial charge in [-0.2, -0.15) is 0 Å². The SMILES string of the molecule is COc1cccc2c1C(=O)[C@H]1C[C@@H]3O[C@H](C)C[C@@]31C2=O. The van der Waals surface area contributed by atoms with E-state index in [2.05, 4.69) is 0 Å². The summed E-state index contributed by atoms with van der Waals surface area (Å²) in [5.41, 5.74) is 0.372. The minimum absolute atomic E-state index is 0.0472. The molecule has 4 rings (SSSR count). The quantitative estimate of drug-likeness (QED) is 0.787. The maximum atomic E-state index is 13.0.